The SMILES string of the molecule is Sc1ccccc1Br.[Na]. The van der Waals surface area contributed by atoms with Gasteiger partial charge in [0.05, 0.1) is 0 Å². The fraction of sp³-hybridized carbons (Fsp3) is 0. The van der Waals surface area contributed by atoms with E-state index in [1.54, 1.807) is 0 Å². The van der Waals surface area contributed by atoms with E-state index in [1.165, 1.54) is 0 Å². The van der Waals surface area contributed by atoms with E-state index in [1.807, 2.05) is 24.3 Å². The summed E-state index contributed by atoms with van der Waals surface area (Å²) in [5.41, 5.74) is 0. The molecule has 3 heteroatoms. The van der Waals surface area contributed by atoms with E-state index in [0.717, 1.165) is 9.37 Å². The Morgan fingerprint density at radius 1 is 1.22 bits per heavy atom. The van der Waals surface area contributed by atoms with Gasteiger partial charge in [-0.05, 0) is 28.1 Å². The van der Waals surface area contributed by atoms with Crippen LogP contribution in [0.1, 0.15) is 0 Å². The van der Waals surface area contributed by atoms with E-state index in [2.05, 4.69) is 28.6 Å². The smallest absolute Gasteiger partial charge is 0.0308 e. The second-order valence-electron chi connectivity index (χ2n) is 1.45. The Labute approximate surface area is 90.9 Å². The summed E-state index contributed by atoms with van der Waals surface area (Å²) < 4.78 is 1.04. The van der Waals surface area contributed by atoms with Gasteiger partial charge in [0.15, 0.2) is 0 Å². The molecule has 0 atom stereocenters. The van der Waals surface area contributed by atoms with Crippen LogP contribution in [0.2, 0.25) is 0 Å². The summed E-state index contributed by atoms with van der Waals surface area (Å²) in [5.74, 6) is 0. The molecule has 0 fully saturated rings. The fourth-order valence-electron chi connectivity index (χ4n) is 0.452. The molecule has 0 unspecified atom stereocenters. The van der Waals surface area contributed by atoms with Gasteiger partial charge in [-0.25, -0.2) is 0 Å². The molecule has 0 bridgehead atoms. The van der Waals surface area contributed by atoms with Crippen LogP contribution in [0.25, 0.3) is 0 Å². The normalized spacial score (nSPS) is 8.22. The van der Waals surface area contributed by atoms with Crippen LogP contribution < -0.4 is 0 Å². The fourth-order valence-corrected chi connectivity index (χ4v) is 0.897. The Kier molecular flexibility index (Phi) is 5.36. The average Bonchev–Trinajstić information content (AvgIpc) is 1.77. The molecule has 43 valence electrons. The summed E-state index contributed by atoms with van der Waals surface area (Å²) in [4.78, 5) is 0.979. The molecule has 0 spiro atoms. The van der Waals surface area contributed by atoms with Crippen LogP contribution in [0.4, 0.5) is 0 Å². The number of benzene rings is 1. The molecule has 0 saturated heterocycles. The number of rotatable bonds is 0. The molecule has 0 nitrogen and oxygen atoms in total. The van der Waals surface area contributed by atoms with Gasteiger partial charge in [0.25, 0.3) is 0 Å². The third kappa shape index (κ3) is 3.10. The van der Waals surface area contributed by atoms with E-state index in [4.69, 9.17) is 0 Å². The molecule has 0 aliphatic heterocycles. The summed E-state index contributed by atoms with van der Waals surface area (Å²) in [5, 5.41) is 0. The van der Waals surface area contributed by atoms with Crippen LogP contribution in [-0.2, 0) is 0 Å². The number of halogens is 1. The molecule has 0 aliphatic rings. The zero-order chi connectivity index (χ0) is 5.98. The van der Waals surface area contributed by atoms with Gasteiger partial charge in [0.2, 0.25) is 0 Å². The monoisotopic (exact) mass is 211 g/mol. The van der Waals surface area contributed by atoms with Gasteiger partial charge < -0.3 is 0 Å². The Hall–Kier alpha value is 1.05. The summed E-state index contributed by atoms with van der Waals surface area (Å²) in [7, 11) is 0. The van der Waals surface area contributed by atoms with Crippen molar-refractivity contribution < 1.29 is 0 Å². The third-order valence-electron chi connectivity index (χ3n) is 0.852. The maximum absolute atomic E-state index is 4.15. The van der Waals surface area contributed by atoms with Gasteiger partial charge in [-0.3, -0.25) is 0 Å². The molecule has 0 heterocycles. The first-order valence-corrected chi connectivity index (χ1v) is 3.48. The van der Waals surface area contributed by atoms with E-state index < -0.39 is 0 Å². The number of hydrogen-bond acceptors (Lipinski definition) is 1. The predicted molar refractivity (Wildman–Crippen MR) is 47.1 cm³/mol. The number of thiol groups is 1. The first kappa shape index (κ1) is 10.0. The van der Waals surface area contributed by atoms with Crippen LogP contribution >= 0.6 is 28.6 Å². The van der Waals surface area contributed by atoms with Crippen LogP contribution in [0.15, 0.2) is 33.6 Å². The van der Waals surface area contributed by atoms with Gasteiger partial charge in [-0.2, -0.15) is 0 Å². The molecule has 1 radical (unpaired) electrons. The molecule has 0 aromatic heterocycles. The van der Waals surface area contributed by atoms with Crippen molar-refractivity contribution in [2.75, 3.05) is 0 Å². The van der Waals surface area contributed by atoms with Crippen molar-refractivity contribution >= 4 is 58.1 Å². The Balaban J connectivity index is 0.000000640. The summed E-state index contributed by atoms with van der Waals surface area (Å²) >= 11 is 7.47. The minimum Gasteiger partial charge on any atom is -0.142 e. The second-order valence-corrected chi connectivity index (χ2v) is 2.79. The molecular formula is C6H5BrNaS. The van der Waals surface area contributed by atoms with Crippen LogP contribution in [0.3, 0.4) is 0 Å². The van der Waals surface area contributed by atoms with Crippen LogP contribution in [-0.4, -0.2) is 29.6 Å². The Morgan fingerprint density at radius 2 is 1.78 bits per heavy atom. The first-order valence-electron chi connectivity index (χ1n) is 2.24. The van der Waals surface area contributed by atoms with Crippen molar-refractivity contribution in [3.8, 4) is 0 Å². The van der Waals surface area contributed by atoms with Crippen molar-refractivity contribution in [2.24, 2.45) is 0 Å². The van der Waals surface area contributed by atoms with Crippen LogP contribution in [0.5, 0.6) is 0 Å². The van der Waals surface area contributed by atoms with E-state index >= 15 is 0 Å². The molecule has 0 saturated carbocycles. The summed E-state index contributed by atoms with van der Waals surface area (Å²) in [6, 6.07) is 7.81. The average molecular weight is 212 g/mol. The van der Waals surface area contributed by atoms with Crippen molar-refractivity contribution in [1.82, 2.24) is 0 Å². The molecule has 1 aromatic rings. The topological polar surface area (TPSA) is 0 Å². The maximum atomic E-state index is 4.15. The van der Waals surface area contributed by atoms with Gasteiger partial charge in [0.1, 0.15) is 0 Å². The molecule has 9 heavy (non-hydrogen) atoms. The zero-order valence-corrected chi connectivity index (χ0v) is 9.62. The van der Waals surface area contributed by atoms with Gasteiger partial charge in [-0.1, -0.05) is 12.1 Å². The minimum absolute atomic E-state index is 0. The molecule has 0 aliphatic carbocycles. The molecule has 1 rings (SSSR count). The second kappa shape index (κ2) is 4.80. The Morgan fingerprint density at radius 3 is 2.11 bits per heavy atom. The maximum Gasteiger partial charge on any atom is 0.0308 e. The van der Waals surface area contributed by atoms with Crippen LogP contribution in [0, 0.1) is 0 Å². The first-order chi connectivity index (χ1) is 3.80. The van der Waals surface area contributed by atoms with Gasteiger partial charge in [-0.15, -0.1) is 12.6 Å². The Bertz CT molecular complexity index is 169. The van der Waals surface area contributed by atoms with E-state index in [9.17, 15) is 0 Å². The molecular weight excluding hydrogens is 207 g/mol. The number of hydrogen-bond donors (Lipinski definition) is 1. The van der Waals surface area contributed by atoms with Crippen molar-refractivity contribution in [3.63, 3.8) is 0 Å². The minimum atomic E-state index is 0. The molecule has 0 N–H and O–H groups in total. The quantitative estimate of drug-likeness (QED) is 0.495. The van der Waals surface area contributed by atoms with E-state index in [0.29, 0.717) is 0 Å². The molecule has 1 aromatic carbocycles. The van der Waals surface area contributed by atoms with Crippen molar-refractivity contribution in [1.29, 1.82) is 0 Å². The zero-order valence-electron chi connectivity index (χ0n) is 5.13. The standard InChI is InChI=1S/C6H5BrS.Na/c7-5-3-1-2-4-6(5)8;/h1-4,8H;. The largest absolute Gasteiger partial charge is 0.142 e. The summed E-state index contributed by atoms with van der Waals surface area (Å²) in [6.45, 7) is 0. The van der Waals surface area contributed by atoms with Gasteiger partial charge >= 0.3 is 0 Å². The molecule has 0 amide bonds. The summed E-state index contributed by atoms with van der Waals surface area (Å²) in [6.07, 6.45) is 0. The van der Waals surface area contributed by atoms with Crippen molar-refractivity contribution in [2.45, 2.75) is 4.90 Å². The third-order valence-corrected chi connectivity index (χ3v) is 2.24. The van der Waals surface area contributed by atoms with Crippen molar-refractivity contribution in [3.05, 3.63) is 28.7 Å². The predicted octanol–water partition coefficient (Wildman–Crippen LogP) is 2.36. The van der Waals surface area contributed by atoms with E-state index in [-0.39, 0.29) is 29.6 Å². The van der Waals surface area contributed by atoms with Gasteiger partial charge in [0, 0.05) is 38.9 Å².